The van der Waals surface area contributed by atoms with Crippen LogP contribution in [0.15, 0.2) is 19.2 Å². The highest BCUT2D eigenvalue weighted by Gasteiger charge is 2.26. The molecule has 0 saturated carbocycles. The van der Waals surface area contributed by atoms with E-state index in [4.69, 9.17) is 5.11 Å². The zero-order chi connectivity index (χ0) is 17.3. The lowest BCUT2D eigenvalue weighted by molar-refractivity contribution is -0.0805. The van der Waals surface area contributed by atoms with E-state index in [9.17, 15) is 34.5 Å². The van der Waals surface area contributed by atoms with Crippen LogP contribution in [0.2, 0.25) is 0 Å². The summed E-state index contributed by atoms with van der Waals surface area (Å²) in [5.74, 6) is 0. The molecule has 0 aliphatic heterocycles. The first-order valence-electron chi connectivity index (χ1n) is 6.40. The first-order chi connectivity index (χ1) is 10.8. The molecule has 0 spiro atoms. The lowest BCUT2D eigenvalue weighted by atomic mass is 10.1. The second-order valence-corrected chi connectivity index (χ2v) is 4.81. The van der Waals surface area contributed by atoms with Crippen LogP contribution in [0, 0.1) is 0 Å². The predicted octanol–water partition coefficient (Wildman–Crippen LogP) is -4.86. The second kappa shape index (κ2) is 6.29. The van der Waals surface area contributed by atoms with Gasteiger partial charge in [0.2, 0.25) is 0 Å². The van der Waals surface area contributed by atoms with Gasteiger partial charge in [0, 0.05) is 0 Å². The quantitative estimate of drug-likeness (QED) is 0.264. The summed E-state index contributed by atoms with van der Waals surface area (Å²) in [6.45, 7) is -1.56. The SMILES string of the molecule is O=c1[nH]c(=O)c2[nH]c(=O)c(=O)n(C[C@H](O)[C@@H](O)[C@H](O)CO)c2[nH]1. The van der Waals surface area contributed by atoms with Gasteiger partial charge in [-0.05, 0) is 0 Å². The number of H-pyrrole nitrogens is 3. The van der Waals surface area contributed by atoms with Gasteiger partial charge in [-0.25, -0.2) is 4.79 Å². The Bertz CT molecular complexity index is 938. The summed E-state index contributed by atoms with van der Waals surface area (Å²) in [5.41, 5.74) is -5.05. The van der Waals surface area contributed by atoms with E-state index < -0.39 is 59.3 Å². The van der Waals surface area contributed by atoms with Crippen molar-refractivity contribution in [3.8, 4) is 0 Å². The summed E-state index contributed by atoms with van der Waals surface area (Å²) in [6.07, 6.45) is -5.27. The summed E-state index contributed by atoms with van der Waals surface area (Å²) < 4.78 is 0.586. The van der Waals surface area contributed by atoms with Crippen LogP contribution in [0.1, 0.15) is 0 Å². The first kappa shape index (κ1) is 16.8. The van der Waals surface area contributed by atoms with Crippen molar-refractivity contribution in [1.82, 2.24) is 19.5 Å². The summed E-state index contributed by atoms with van der Waals surface area (Å²) in [5, 5.41) is 37.4. The maximum Gasteiger partial charge on any atom is 0.327 e. The number of aliphatic hydroxyl groups is 4. The molecule has 12 nitrogen and oxygen atoms in total. The molecule has 0 aliphatic rings. The van der Waals surface area contributed by atoms with Crippen LogP contribution in [0.3, 0.4) is 0 Å². The molecule has 126 valence electrons. The van der Waals surface area contributed by atoms with Gasteiger partial charge >= 0.3 is 16.8 Å². The molecule has 2 heterocycles. The van der Waals surface area contributed by atoms with E-state index in [0.717, 1.165) is 0 Å². The van der Waals surface area contributed by atoms with Gasteiger partial charge in [-0.15, -0.1) is 0 Å². The zero-order valence-corrected chi connectivity index (χ0v) is 11.5. The maximum atomic E-state index is 11.9. The minimum absolute atomic E-state index is 0.368. The number of nitrogens with zero attached hydrogens (tertiary/aromatic N) is 1. The van der Waals surface area contributed by atoms with E-state index >= 15 is 0 Å². The van der Waals surface area contributed by atoms with Crippen LogP contribution in [0.25, 0.3) is 11.2 Å². The molecule has 0 fully saturated rings. The molecule has 0 aromatic carbocycles. The third-order valence-corrected chi connectivity index (χ3v) is 3.22. The van der Waals surface area contributed by atoms with Gasteiger partial charge < -0.3 is 25.4 Å². The van der Waals surface area contributed by atoms with Crippen molar-refractivity contribution in [2.75, 3.05) is 6.61 Å². The van der Waals surface area contributed by atoms with Crippen molar-refractivity contribution in [2.24, 2.45) is 0 Å². The van der Waals surface area contributed by atoms with Crippen LogP contribution in [-0.2, 0) is 6.54 Å². The number of aromatic amines is 3. The topological polar surface area (TPSA) is 201 Å². The Balaban J connectivity index is 2.62. The van der Waals surface area contributed by atoms with Crippen molar-refractivity contribution in [3.63, 3.8) is 0 Å². The highest BCUT2D eigenvalue weighted by atomic mass is 16.4. The van der Waals surface area contributed by atoms with Gasteiger partial charge in [0.15, 0.2) is 0 Å². The Morgan fingerprint density at radius 1 is 0.913 bits per heavy atom. The molecule has 2 rings (SSSR count). The normalized spacial score (nSPS) is 15.5. The van der Waals surface area contributed by atoms with Crippen molar-refractivity contribution in [1.29, 1.82) is 0 Å². The molecule has 0 saturated heterocycles. The van der Waals surface area contributed by atoms with Crippen molar-refractivity contribution >= 4 is 11.2 Å². The Hall–Kier alpha value is -2.54. The first-order valence-corrected chi connectivity index (χ1v) is 6.40. The van der Waals surface area contributed by atoms with Gasteiger partial charge in [0.25, 0.3) is 5.56 Å². The van der Waals surface area contributed by atoms with E-state index in [0.29, 0.717) is 4.57 Å². The van der Waals surface area contributed by atoms with Gasteiger partial charge in [0.05, 0.1) is 13.2 Å². The minimum atomic E-state index is -1.82. The largest absolute Gasteiger partial charge is 0.394 e. The standard InChI is InChI=1S/C11H14N4O8/c16-2-4(18)6(19)3(17)1-15-7-5(12-9(21)10(15)22)8(20)14-11(23)13-7/h3-4,6,16-19H,1-2H2,(H,12,21)(H2,13,14,20,23)/t3-,4+,6+/m0/s1. The van der Waals surface area contributed by atoms with Gasteiger partial charge in [-0.3, -0.25) is 28.9 Å². The maximum absolute atomic E-state index is 11.9. The lowest BCUT2D eigenvalue weighted by Gasteiger charge is -2.22. The number of aliphatic hydroxyl groups excluding tert-OH is 4. The fourth-order valence-electron chi connectivity index (χ4n) is 2.02. The van der Waals surface area contributed by atoms with Crippen molar-refractivity contribution in [2.45, 2.75) is 24.9 Å². The molecule has 23 heavy (non-hydrogen) atoms. The Morgan fingerprint density at radius 3 is 2.17 bits per heavy atom. The van der Waals surface area contributed by atoms with Crippen LogP contribution in [0.4, 0.5) is 0 Å². The molecule has 12 heteroatoms. The van der Waals surface area contributed by atoms with E-state index in [2.05, 4.69) is 4.98 Å². The number of nitrogens with one attached hydrogen (secondary N) is 3. The molecule has 7 N–H and O–H groups in total. The van der Waals surface area contributed by atoms with E-state index in [1.54, 1.807) is 0 Å². The summed E-state index contributed by atoms with van der Waals surface area (Å²) >= 11 is 0. The molecule has 0 unspecified atom stereocenters. The molecular weight excluding hydrogens is 316 g/mol. The van der Waals surface area contributed by atoms with E-state index in [1.165, 1.54) is 0 Å². The second-order valence-electron chi connectivity index (χ2n) is 4.81. The number of hydrogen-bond acceptors (Lipinski definition) is 8. The van der Waals surface area contributed by atoms with E-state index in [1.807, 2.05) is 9.97 Å². The number of rotatable bonds is 5. The highest BCUT2D eigenvalue weighted by Crippen LogP contribution is 2.04. The molecule has 3 atom stereocenters. The van der Waals surface area contributed by atoms with Crippen molar-refractivity contribution in [3.05, 3.63) is 41.5 Å². The van der Waals surface area contributed by atoms with E-state index in [-0.39, 0.29) is 5.65 Å². The molecule has 0 bridgehead atoms. The molecular formula is C11H14N4O8. The van der Waals surface area contributed by atoms with Crippen LogP contribution in [-0.4, -0.2) is 64.9 Å². The number of hydrogen-bond donors (Lipinski definition) is 7. The fourth-order valence-corrected chi connectivity index (χ4v) is 2.02. The van der Waals surface area contributed by atoms with Gasteiger partial charge in [-0.1, -0.05) is 0 Å². The third kappa shape index (κ3) is 3.14. The third-order valence-electron chi connectivity index (χ3n) is 3.22. The molecule has 2 aromatic heterocycles. The predicted molar refractivity (Wildman–Crippen MR) is 75.2 cm³/mol. The summed E-state index contributed by atoms with van der Waals surface area (Å²) in [7, 11) is 0. The molecule has 2 aromatic rings. The summed E-state index contributed by atoms with van der Waals surface area (Å²) in [4.78, 5) is 52.4. The Kier molecular flexibility index (Phi) is 4.60. The monoisotopic (exact) mass is 330 g/mol. The number of aromatic nitrogens is 4. The average Bonchev–Trinajstić information content (AvgIpc) is 2.51. The smallest absolute Gasteiger partial charge is 0.327 e. The summed E-state index contributed by atoms with van der Waals surface area (Å²) in [6, 6.07) is 0. The average molecular weight is 330 g/mol. The Morgan fingerprint density at radius 2 is 1.57 bits per heavy atom. The Labute approximate surface area is 125 Å². The minimum Gasteiger partial charge on any atom is -0.394 e. The van der Waals surface area contributed by atoms with Crippen LogP contribution >= 0.6 is 0 Å². The molecule has 0 radical (unpaired) electrons. The van der Waals surface area contributed by atoms with Gasteiger partial charge in [-0.2, -0.15) is 0 Å². The highest BCUT2D eigenvalue weighted by molar-refractivity contribution is 5.67. The van der Waals surface area contributed by atoms with Crippen LogP contribution in [0.5, 0.6) is 0 Å². The van der Waals surface area contributed by atoms with Gasteiger partial charge in [0.1, 0.15) is 29.5 Å². The fraction of sp³-hybridized carbons (Fsp3) is 0.455. The zero-order valence-electron chi connectivity index (χ0n) is 11.5. The lowest BCUT2D eigenvalue weighted by Crippen LogP contribution is -2.46. The molecule has 0 aliphatic carbocycles. The number of fused-ring (bicyclic) bond motifs is 1. The van der Waals surface area contributed by atoms with Crippen molar-refractivity contribution < 1.29 is 20.4 Å². The molecule has 0 amide bonds. The van der Waals surface area contributed by atoms with Crippen LogP contribution < -0.4 is 22.4 Å².